The van der Waals surface area contributed by atoms with Gasteiger partial charge >= 0.3 is 5.97 Å². The Morgan fingerprint density at radius 2 is 0.985 bits per heavy atom. The number of Topliss-reactive ketones (excluding diaryl/α,β-unsaturated/α-hetero) is 2. The summed E-state index contributed by atoms with van der Waals surface area (Å²) in [6, 6.07) is 4.36. The number of aliphatic hydroxyl groups excluding tert-OH is 1. The first-order valence-electron chi connectivity index (χ1n) is 44.6. The first kappa shape index (κ1) is 100. The predicted molar refractivity (Wildman–Crippen MR) is 496 cm³/mol. The van der Waals surface area contributed by atoms with E-state index in [4.69, 9.17) is 11.5 Å². The number of aliphatic hydroxyl groups is 1. The Balaban J connectivity index is 0.938. The van der Waals surface area contributed by atoms with E-state index in [2.05, 4.69) is 72.8 Å². The lowest BCUT2D eigenvalue weighted by Gasteiger charge is -2.32. The zero-order chi connectivity index (χ0) is 96.1. The molecule has 1 saturated carbocycles. The lowest BCUT2D eigenvalue weighted by Crippen LogP contribution is -2.61. The van der Waals surface area contributed by atoms with Crippen molar-refractivity contribution >= 4 is 157 Å². The van der Waals surface area contributed by atoms with Crippen molar-refractivity contribution in [2.45, 2.75) is 205 Å². The van der Waals surface area contributed by atoms with E-state index in [1.807, 2.05) is 0 Å². The molecule has 12 bridgehead atoms. The summed E-state index contributed by atoms with van der Waals surface area (Å²) >= 11 is 2.89. The number of carbonyl (C=O) groups excluding carboxylic acids is 16. The molecule has 0 unspecified atom stereocenters. The molecule has 0 radical (unpaired) electrons. The smallest absolute Gasteiger partial charge is 0.305 e. The summed E-state index contributed by atoms with van der Waals surface area (Å²) < 4.78 is 0. The van der Waals surface area contributed by atoms with Crippen LogP contribution in [0.15, 0.2) is 116 Å². The fraction of sp³-hybridized carbons (Fsp3) is 0.478. The Morgan fingerprint density at radius 1 is 0.500 bits per heavy atom. The number of hydrogen-bond donors (Lipinski definition) is 15. The second kappa shape index (κ2) is 46.8. The number of fused-ring (bicyclic) bond motifs is 14. The molecule has 1 saturated heterocycles. The Morgan fingerprint density at radius 3 is 1.49 bits per heavy atom. The minimum Gasteiger partial charge on any atom is -0.481 e. The lowest BCUT2D eigenvalue weighted by atomic mass is 9.85. The molecule has 39 nitrogen and oxygen atoms in total. The van der Waals surface area contributed by atoms with E-state index < -0.39 is 228 Å². The van der Waals surface area contributed by atoms with Gasteiger partial charge in [-0.1, -0.05) is 64.1 Å². The highest BCUT2D eigenvalue weighted by molar-refractivity contribution is 8.00. The van der Waals surface area contributed by atoms with Crippen LogP contribution < -0.4 is 59.3 Å². The molecule has 5 aliphatic rings. The van der Waals surface area contributed by atoms with Gasteiger partial charge in [-0.2, -0.15) is 11.8 Å². The van der Waals surface area contributed by atoms with Crippen LogP contribution in [0.4, 0.5) is 0 Å². The van der Waals surface area contributed by atoms with Crippen molar-refractivity contribution in [3.63, 3.8) is 0 Å². The number of rotatable bonds is 12. The molecule has 0 spiro atoms. The first-order chi connectivity index (χ1) is 64.1. The number of thioether (sulfide) groups is 3. The number of nitrogens with two attached hydrogens (primary N) is 2. The van der Waals surface area contributed by atoms with Gasteiger partial charge in [0.1, 0.15) is 60.2 Å². The number of amides is 14. The molecule has 1 aliphatic carbocycles. The maximum atomic E-state index is 15.7. The van der Waals surface area contributed by atoms with Crippen LogP contribution >= 0.6 is 35.3 Å². The summed E-state index contributed by atoms with van der Waals surface area (Å²) in [5.74, 6) is -20.6. The van der Waals surface area contributed by atoms with Crippen molar-refractivity contribution in [3.05, 3.63) is 161 Å². The minimum absolute atomic E-state index is 0.0366. The average Bonchev–Trinajstić information content (AvgIpc) is 1.60. The molecule has 12 rings (SSSR count). The summed E-state index contributed by atoms with van der Waals surface area (Å²) in [5, 5.41) is 47.1. The largest absolute Gasteiger partial charge is 0.481 e. The lowest BCUT2D eigenvalue weighted by molar-refractivity contribution is -0.143. The summed E-state index contributed by atoms with van der Waals surface area (Å²) in [5.41, 5.74) is 17.4. The van der Waals surface area contributed by atoms with Crippen molar-refractivity contribution in [2.24, 2.45) is 35.1 Å². The number of carboxylic acids is 1. The van der Waals surface area contributed by atoms with Crippen LogP contribution in [0.3, 0.4) is 0 Å². The Kier molecular flexibility index (Phi) is 35.0. The molecule has 714 valence electrons. The summed E-state index contributed by atoms with van der Waals surface area (Å²) in [7, 11) is 0. The van der Waals surface area contributed by atoms with Gasteiger partial charge in [-0.3, -0.25) is 96.5 Å². The average molecular weight is 1900 g/mol. The minimum atomic E-state index is -1.95. The van der Waals surface area contributed by atoms with Gasteiger partial charge in [0.05, 0.1) is 48.3 Å². The van der Waals surface area contributed by atoms with Crippen molar-refractivity contribution in [1.82, 2.24) is 92.4 Å². The molecular formula is C92H114N20O19S3. The van der Waals surface area contributed by atoms with E-state index >= 15 is 33.6 Å². The van der Waals surface area contributed by atoms with Crippen LogP contribution in [-0.4, -0.2) is 269 Å². The zero-order valence-corrected chi connectivity index (χ0v) is 77.4. The zero-order valence-electron chi connectivity index (χ0n) is 74.9. The van der Waals surface area contributed by atoms with Crippen LogP contribution in [0.25, 0.3) is 21.8 Å². The van der Waals surface area contributed by atoms with Crippen molar-refractivity contribution in [2.75, 3.05) is 47.6 Å². The highest BCUT2D eigenvalue weighted by Gasteiger charge is 2.44. The monoisotopic (exact) mass is 1900 g/mol. The number of aromatic amines is 2. The number of aliphatic carboxylic acids is 1. The molecule has 2 fully saturated rings. The summed E-state index contributed by atoms with van der Waals surface area (Å²) in [4.78, 5) is 275. The van der Waals surface area contributed by atoms with Gasteiger partial charge in [-0.25, -0.2) is 0 Å². The third-order valence-corrected chi connectivity index (χ3v) is 27.3. The SMILES string of the molecule is CC(C)[C@@H]1NC(=O)[C@H](Cc2c[nH]c3ccccc23)NC(=O)[C@@H]2CSCC(=O)N3Cc4cncc(c4)CN(Cc4cncc(c4)CN(Cc4cncc(c4)C3)C(=O)CSC[C@@H](C(N)=O)NC(=O)[C@@H]3CCCN3C(=O)[C@H](C(C)C)NC(=O)[C@H](Cc3c[nH]c4ccccc34)NC(=O)CNC(=O)[C@H](CC(=O)O)NC1=O)C(=O)CSC[C@H](CC(=O)[C@H](C)N)C(=O)N[C@@H]1C(=O)C[C@@H](CCC[C@H]1O)C(=O)N2. The number of aromatic nitrogens is 5. The Bertz CT molecular complexity index is 5560. The van der Waals surface area contributed by atoms with E-state index in [1.165, 1.54) is 52.8 Å². The van der Waals surface area contributed by atoms with Gasteiger partial charge in [0.15, 0.2) is 5.78 Å². The number of nitrogens with zero attached hydrogens (tertiary/aromatic N) is 7. The van der Waals surface area contributed by atoms with E-state index in [0.29, 0.717) is 72.7 Å². The second-order valence-electron chi connectivity index (χ2n) is 35.3. The van der Waals surface area contributed by atoms with E-state index in [-0.39, 0.29) is 107 Å². The third kappa shape index (κ3) is 27.1. The Hall–Kier alpha value is -12.7. The maximum absolute atomic E-state index is 15.7. The number of carboxylic acid groups (broad SMARTS) is 1. The predicted octanol–water partition coefficient (Wildman–Crippen LogP) is 0.747. The first-order valence-corrected chi connectivity index (χ1v) is 48.0. The van der Waals surface area contributed by atoms with E-state index in [0.717, 1.165) is 35.3 Å². The van der Waals surface area contributed by atoms with Crippen molar-refractivity contribution < 1.29 is 91.7 Å². The third-order valence-electron chi connectivity index (χ3n) is 24.2. The number of benzene rings is 2. The quantitative estimate of drug-likeness (QED) is 0.0802. The molecule has 9 heterocycles. The molecular weight excluding hydrogens is 1790 g/mol. The maximum Gasteiger partial charge on any atom is 0.305 e. The highest BCUT2D eigenvalue weighted by atomic mass is 32.2. The number of pyridine rings is 3. The van der Waals surface area contributed by atoms with Gasteiger partial charge < -0.3 is 99.1 Å². The number of carbonyl (C=O) groups is 17. The highest BCUT2D eigenvalue weighted by Crippen LogP contribution is 2.30. The molecule has 2 aromatic carbocycles. The molecule has 5 aromatic heterocycles. The van der Waals surface area contributed by atoms with Crippen LogP contribution in [0.5, 0.6) is 0 Å². The topological polar surface area (TPSA) is 574 Å². The number of nitrogens with one attached hydrogen (secondary N) is 11. The van der Waals surface area contributed by atoms with Crippen LogP contribution in [0.1, 0.15) is 130 Å². The fourth-order valence-corrected chi connectivity index (χ4v) is 19.8. The number of H-pyrrole nitrogens is 2. The number of primary amides is 1. The van der Waals surface area contributed by atoms with Gasteiger partial charge in [0.25, 0.3) is 0 Å². The van der Waals surface area contributed by atoms with E-state index in [1.54, 1.807) is 118 Å². The molecule has 13 atom stereocenters. The molecule has 7 aromatic rings. The molecule has 14 amide bonds. The van der Waals surface area contributed by atoms with E-state index in [9.17, 15) is 58.2 Å². The van der Waals surface area contributed by atoms with Crippen molar-refractivity contribution in [3.8, 4) is 0 Å². The van der Waals surface area contributed by atoms with Gasteiger partial charge in [-0.15, -0.1) is 23.5 Å². The molecule has 134 heavy (non-hydrogen) atoms. The molecule has 42 heteroatoms. The second-order valence-corrected chi connectivity index (χ2v) is 38.4. The summed E-state index contributed by atoms with van der Waals surface area (Å²) in [6.45, 7) is 6.21. The van der Waals surface area contributed by atoms with Crippen LogP contribution in [0, 0.1) is 23.7 Å². The summed E-state index contributed by atoms with van der Waals surface area (Å²) in [6.07, 6.45) is 8.71. The van der Waals surface area contributed by atoms with Gasteiger partial charge in [0, 0.05) is 166 Å². The van der Waals surface area contributed by atoms with Crippen LogP contribution in [-0.2, 0) is 134 Å². The standard InChI is InChI=1S/C92H114N20O19S3/c1-49(2)80-91(130)103-68(27-79(120)121)86(125)100-36-75(116)101-66(23-59-34-98-64-15-8-6-13-62(59)64)87(126)107-81(50(3)4)92(131)112-19-11-17-71(112)90(129)104-69(83(94)122)44-133-47-77(118)110-39-54-20-52(28-95-30-54)37-109-38-53-21-56(32-96-29-53)41-111(42-57-22-55(40-110)31-97-33-57)78(119)48-134-45-70(89(128)102-67(88(127)106-80)24-60-35-99-65-16-9-7-14-63(60)65)105-84(123)58-12-10-18-72(113)82(74(115)25-58)108-85(124)61(26-73(114)51(5)93)43-132-46-76(109)117/h6-9,13-16,20-22,28-35,49-51,58,61,66-72,80-82,98-99,113H,10-12,17-19,23-27,36-48,93H2,1-5H3,(H2,94,122)(H,100,125)(H,101,116)(H,102,128)(H,103,130)(H,104,129)(H,105,123)(H,106,127)(H,107,126)(H,108,124)(H,120,121)/t51-,58+,61-,66-,67-,68-,69-,70-,71-,72+,80-,81-,82-/m0/s1. The molecule has 17 N–H and O–H groups in total. The number of para-hydroxylation sites is 2. The molecule has 4 aliphatic heterocycles. The fourth-order valence-electron chi connectivity index (χ4n) is 16.9. The number of ketones is 2. The van der Waals surface area contributed by atoms with Gasteiger partial charge in [0.2, 0.25) is 82.7 Å². The van der Waals surface area contributed by atoms with Crippen molar-refractivity contribution in [1.29, 1.82) is 0 Å². The van der Waals surface area contributed by atoms with Gasteiger partial charge in [-0.05, 0) is 126 Å². The van der Waals surface area contributed by atoms with Crippen LogP contribution in [0.2, 0.25) is 0 Å². The Labute approximate surface area is 785 Å². The normalized spacial score (nSPS) is 24.8. The number of hydrogen-bond acceptors (Lipinski definition) is 25.